The van der Waals surface area contributed by atoms with Gasteiger partial charge in [-0.2, -0.15) is 0 Å². The summed E-state index contributed by atoms with van der Waals surface area (Å²) in [6, 6.07) is 10.3. The number of hydrogen-bond acceptors (Lipinski definition) is 5. The number of likely N-dealkylation sites (tertiary alicyclic amines) is 1. The van der Waals surface area contributed by atoms with Crippen LogP contribution in [0, 0.1) is 11.8 Å². The summed E-state index contributed by atoms with van der Waals surface area (Å²) in [7, 11) is 0. The Morgan fingerprint density at radius 3 is 2.07 bits per heavy atom. The fourth-order valence-electron chi connectivity index (χ4n) is 4.44. The van der Waals surface area contributed by atoms with Gasteiger partial charge in [0.05, 0.1) is 24.5 Å². The largest absolute Gasteiger partial charge is 0.390 e. The van der Waals surface area contributed by atoms with Gasteiger partial charge in [-0.05, 0) is 25.0 Å². The van der Waals surface area contributed by atoms with Crippen molar-refractivity contribution in [2.24, 2.45) is 11.8 Å². The van der Waals surface area contributed by atoms with Gasteiger partial charge in [0.25, 0.3) is 0 Å². The number of allylic oxidation sites excluding steroid dienone is 2. The Morgan fingerprint density at radius 1 is 0.889 bits per heavy atom. The molecule has 2 saturated heterocycles. The SMILES string of the molecule is O=C1[C@H]2CC=CC[C@H]2C(=O)N1CC(O)CN1CCN(c2ccccc2)CC1. The van der Waals surface area contributed by atoms with Crippen LogP contribution in [0.15, 0.2) is 42.5 Å². The quantitative estimate of drug-likeness (QED) is 0.623. The van der Waals surface area contributed by atoms with Crippen molar-refractivity contribution in [1.82, 2.24) is 9.80 Å². The zero-order chi connectivity index (χ0) is 18.8. The zero-order valence-corrected chi connectivity index (χ0v) is 15.5. The summed E-state index contributed by atoms with van der Waals surface area (Å²) in [6.07, 6.45) is 4.55. The molecule has 0 aromatic heterocycles. The average molecular weight is 369 g/mol. The number of carbonyl (C=O) groups excluding carboxylic acids is 2. The van der Waals surface area contributed by atoms with Gasteiger partial charge in [-0.15, -0.1) is 0 Å². The van der Waals surface area contributed by atoms with Crippen LogP contribution in [0.4, 0.5) is 5.69 Å². The van der Waals surface area contributed by atoms with Crippen LogP contribution in [-0.2, 0) is 9.59 Å². The van der Waals surface area contributed by atoms with Crippen molar-refractivity contribution >= 4 is 17.5 Å². The van der Waals surface area contributed by atoms with Crippen molar-refractivity contribution in [3.05, 3.63) is 42.5 Å². The number of rotatable bonds is 5. The number of aliphatic hydroxyl groups excluding tert-OH is 1. The molecule has 0 radical (unpaired) electrons. The molecule has 1 N–H and O–H groups in total. The first-order valence-electron chi connectivity index (χ1n) is 9.84. The average Bonchev–Trinajstić information content (AvgIpc) is 2.94. The monoisotopic (exact) mass is 369 g/mol. The number of aliphatic hydroxyl groups is 1. The number of piperazine rings is 1. The van der Waals surface area contributed by atoms with Gasteiger partial charge in [-0.25, -0.2) is 0 Å². The highest BCUT2D eigenvalue weighted by molar-refractivity contribution is 6.05. The number of carbonyl (C=O) groups is 2. The fraction of sp³-hybridized carbons (Fsp3) is 0.524. The van der Waals surface area contributed by atoms with Crippen LogP contribution in [-0.4, -0.2) is 72.1 Å². The molecule has 1 aromatic rings. The molecule has 3 aliphatic rings. The maximum Gasteiger partial charge on any atom is 0.233 e. The van der Waals surface area contributed by atoms with Gasteiger partial charge >= 0.3 is 0 Å². The molecule has 1 unspecified atom stereocenters. The highest BCUT2D eigenvalue weighted by atomic mass is 16.3. The molecule has 1 aromatic carbocycles. The lowest BCUT2D eigenvalue weighted by Crippen LogP contribution is -2.50. The van der Waals surface area contributed by atoms with Gasteiger partial charge in [0, 0.05) is 38.4 Å². The number of nitrogens with zero attached hydrogens (tertiary/aromatic N) is 3. The van der Waals surface area contributed by atoms with Crippen molar-refractivity contribution in [1.29, 1.82) is 0 Å². The number of para-hydroxylation sites is 1. The predicted molar refractivity (Wildman–Crippen MR) is 103 cm³/mol. The van der Waals surface area contributed by atoms with E-state index in [-0.39, 0.29) is 30.2 Å². The molecular weight excluding hydrogens is 342 g/mol. The van der Waals surface area contributed by atoms with Crippen LogP contribution >= 0.6 is 0 Å². The molecule has 0 saturated carbocycles. The van der Waals surface area contributed by atoms with E-state index in [4.69, 9.17) is 0 Å². The summed E-state index contributed by atoms with van der Waals surface area (Å²) in [6.45, 7) is 4.16. The normalized spacial score (nSPS) is 27.1. The Morgan fingerprint density at radius 2 is 1.48 bits per heavy atom. The Balaban J connectivity index is 1.27. The van der Waals surface area contributed by atoms with Crippen molar-refractivity contribution in [2.45, 2.75) is 18.9 Å². The molecule has 3 atom stereocenters. The number of hydrogen-bond donors (Lipinski definition) is 1. The summed E-state index contributed by atoms with van der Waals surface area (Å²) in [4.78, 5) is 30.9. The maximum absolute atomic E-state index is 12.5. The van der Waals surface area contributed by atoms with E-state index in [1.54, 1.807) is 0 Å². The lowest BCUT2D eigenvalue weighted by molar-refractivity contribution is -0.141. The molecule has 0 spiro atoms. The maximum atomic E-state index is 12.5. The number of anilines is 1. The highest BCUT2D eigenvalue weighted by Gasteiger charge is 2.47. The second-order valence-corrected chi connectivity index (χ2v) is 7.72. The van der Waals surface area contributed by atoms with Crippen LogP contribution in [0.3, 0.4) is 0 Å². The van der Waals surface area contributed by atoms with E-state index >= 15 is 0 Å². The smallest absolute Gasteiger partial charge is 0.233 e. The van der Waals surface area contributed by atoms with E-state index in [2.05, 4.69) is 21.9 Å². The molecule has 4 rings (SSSR count). The summed E-state index contributed by atoms with van der Waals surface area (Å²) in [5.41, 5.74) is 1.22. The van der Waals surface area contributed by atoms with Gasteiger partial charge in [0.1, 0.15) is 0 Å². The second-order valence-electron chi connectivity index (χ2n) is 7.72. The molecule has 27 heavy (non-hydrogen) atoms. The van der Waals surface area contributed by atoms with E-state index in [9.17, 15) is 14.7 Å². The molecule has 6 nitrogen and oxygen atoms in total. The summed E-state index contributed by atoms with van der Waals surface area (Å²) in [5, 5.41) is 10.5. The molecule has 2 fully saturated rings. The van der Waals surface area contributed by atoms with Crippen LogP contribution in [0.25, 0.3) is 0 Å². The van der Waals surface area contributed by atoms with Crippen LogP contribution in [0.2, 0.25) is 0 Å². The third-order valence-corrected chi connectivity index (χ3v) is 5.95. The Labute approximate surface area is 160 Å². The standard InChI is InChI=1S/C21H27N3O3/c25-17(15-24-20(26)18-8-4-5-9-19(18)21(24)27)14-22-10-12-23(13-11-22)16-6-2-1-3-7-16/h1-7,17-19,25H,8-15H2/t17?,18-,19+. The van der Waals surface area contributed by atoms with Gasteiger partial charge in [0.15, 0.2) is 0 Å². The number of fused-ring (bicyclic) bond motifs is 1. The Kier molecular flexibility index (Phi) is 5.27. The number of benzene rings is 1. The number of imide groups is 1. The van der Waals surface area contributed by atoms with E-state index in [0.717, 1.165) is 26.2 Å². The van der Waals surface area contributed by atoms with Crippen LogP contribution in [0.5, 0.6) is 0 Å². The minimum Gasteiger partial charge on any atom is -0.390 e. The first-order chi connectivity index (χ1) is 13.1. The van der Waals surface area contributed by atoms with E-state index < -0.39 is 6.10 Å². The Hall–Kier alpha value is -2.18. The van der Waals surface area contributed by atoms with E-state index in [1.165, 1.54) is 10.6 Å². The minimum atomic E-state index is -0.700. The van der Waals surface area contributed by atoms with Crippen molar-refractivity contribution in [2.75, 3.05) is 44.2 Å². The molecule has 6 heteroatoms. The van der Waals surface area contributed by atoms with Gasteiger partial charge in [-0.1, -0.05) is 30.4 Å². The fourth-order valence-corrected chi connectivity index (χ4v) is 4.44. The molecular formula is C21H27N3O3. The third kappa shape index (κ3) is 3.77. The van der Waals surface area contributed by atoms with Crippen molar-refractivity contribution < 1.29 is 14.7 Å². The second kappa shape index (κ2) is 7.82. The first kappa shape index (κ1) is 18.2. The van der Waals surface area contributed by atoms with Crippen molar-refractivity contribution in [3.8, 4) is 0 Å². The predicted octanol–water partition coefficient (Wildman–Crippen LogP) is 1.12. The molecule has 0 bridgehead atoms. The topological polar surface area (TPSA) is 64.1 Å². The lowest BCUT2D eigenvalue weighted by Gasteiger charge is -2.37. The summed E-state index contributed by atoms with van der Waals surface area (Å²) < 4.78 is 0. The molecule has 144 valence electrons. The Bertz CT molecular complexity index is 687. The first-order valence-corrected chi connectivity index (χ1v) is 9.84. The molecule has 2 amide bonds. The third-order valence-electron chi connectivity index (χ3n) is 5.95. The van der Waals surface area contributed by atoms with E-state index in [0.29, 0.717) is 19.4 Å². The van der Waals surface area contributed by atoms with Crippen LogP contribution < -0.4 is 4.90 Å². The molecule has 2 aliphatic heterocycles. The van der Waals surface area contributed by atoms with Gasteiger partial charge in [0.2, 0.25) is 11.8 Å². The van der Waals surface area contributed by atoms with Crippen molar-refractivity contribution in [3.63, 3.8) is 0 Å². The summed E-state index contributed by atoms with van der Waals surface area (Å²) >= 11 is 0. The summed E-state index contributed by atoms with van der Waals surface area (Å²) in [5.74, 6) is -0.655. The molecule has 1 aliphatic carbocycles. The number of amides is 2. The zero-order valence-electron chi connectivity index (χ0n) is 15.5. The van der Waals surface area contributed by atoms with Gasteiger partial charge < -0.3 is 10.0 Å². The minimum absolute atomic E-state index is 0.109. The van der Waals surface area contributed by atoms with Crippen LogP contribution in [0.1, 0.15) is 12.8 Å². The highest BCUT2D eigenvalue weighted by Crippen LogP contribution is 2.35. The number of β-amino-alcohol motifs (C(OH)–C–C–N with tert-alkyl or cyclic N) is 1. The van der Waals surface area contributed by atoms with Gasteiger partial charge in [-0.3, -0.25) is 19.4 Å². The lowest BCUT2D eigenvalue weighted by atomic mass is 9.85. The molecule has 2 heterocycles. The van der Waals surface area contributed by atoms with E-state index in [1.807, 2.05) is 30.4 Å².